The van der Waals surface area contributed by atoms with Crippen LogP contribution in [0.5, 0.6) is 0 Å². The average molecular weight is 279 g/mol. The van der Waals surface area contributed by atoms with E-state index in [0.717, 1.165) is 31.0 Å². The Kier molecular flexibility index (Phi) is 4.64. The fourth-order valence-corrected chi connectivity index (χ4v) is 2.42. The highest BCUT2D eigenvalue weighted by atomic mass is 19.1. The van der Waals surface area contributed by atoms with Crippen LogP contribution in [0.3, 0.4) is 0 Å². The molecule has 0 aliphatic carbocycles. The van der Waals surface area contributed by atoms with Crippen molar-refractivity contribution in [3.63, 3.8) is 0 Å². The van der Waals surface area contributed by atoms with Crippen molar-refractivity contribution in [2.45, 2.75) is 25.3 Å². The Balaban J connectivity index is 2.08. The molecular weight excluding hydrogens is 264 g/mol. The van der Waals surface area contributed by atoms with E-state index < -0.39 is 17.7 Å². The summed E-state index contributed by atoms with van der Waals surface area (Å²) in [5.74, 6) is -1.80. The van der Waals surface area contributed by atoms with Gasteiger partial charge in [0.05, 0.1) is 18.7 Å². The van der Waals surface area contributed by atoms with Gasteiger partial charge in [0.15, 0.2) is 0 Å². The third-order valence-electron chi connectivity index (χ3n) is 3.32. The predicted octanol–water partition coefficient (Wildman–Crippen LogP) is 2.28. The van der Waals surface area contributed by atoms with E-state index in [1.807, 2.05) is 6.07 Å². The number of rotatable bonds is 3. The minimum Gasteiger partial charge on any atom is -0.325 e. The van der Waals surface area contributed by atoms with Crippen LogP contribution >= 0.6 is 0 Å². The van der Waals surface area contributed by atoms with E-state index in [1.165, 1.54) is 0 Å². The lowest BCUT2D eigenvalue weighted by Crippen LogP contribution is -2.47. The molecule has 1 saturated heterocycles. The van der Waals surface area contributed by atoms with E-state index in [9.17, 15) is 13.6 Å². The summed E-state index contributed by atoms with van der Waals surface area (Å²) in [6, 6.07) is 4.49. The molecule has 6 heteroatoms. The molecule has 1 amide bonds. The van der Waals surface area contributed by atoms with Crippen molar-refractivity contribution < 1.29 is 13.6 Å². The molecule has 1 heterocycles. The molecule has 20 heavy (non-hydrogen) atoms. The number of piperidine rings is 1. The van der Waals surface area contributed by atoms with Crippen LogP contribution in [-0.2, 0) is 4.79 Å². The van der Waals surface area contributed by atoms with Crippen LogP contribution in [0.25, 0.3) is 0 Å². The number of anilines is 1. The number of halogens is 2. The van der Waals surface area contributed by atoms with Gasteiger partial charge in [-0.15, -0.1) is 0 Å². The molecule has 2 rings (SSSR count). The molecule has 1 aliphatic rings. The molecule has 0 unspecified atom stereocenters. The topological polar surface area (TPSA) is 56.1 Å². The maximum absolute atomic E-state index is 13.1. The van der Waals surface area contributed by atoms with E-state index in [2.05, 4.69) is 5.32 Å². The number of carbonyl (C=O) groups excluding carboxylic acids is 1. The van der Waals surface area contributed by atoms with Gasteiger partial charge in [0.25, 0.3) is 0 Å². The third-order valence-corrected chi connectivity index (χ3v) is 3.32. The average Bonchev–Trinajstić information content (AvgIpc) is 2.38. The van der Waals surface area contributed by atoms with Crippen molar-refractivity contribution in [2.24, 2.45) is 0 Å². The summed E-state index contributed by atoms with van der Waals surface area (Å²) in [4.78, 5) is 14.0. The summed E-state index contributed by atoms with van der Waals surface area (Å²) in [7, 11) is 0. The second kappa shape index (κ2) is 6.44. The second-order valence-electron chi connectivity index (χ2n) is 4.79. The zero-order chi connectivity index (χ0) is 14.5. The van der Waals surface area contributed by atoms with Crippen LogP contribution in [0.4, 0.5) is 14.5 Å². The molecular formula is C14H15F2N3O. The van der Waals surface area contributed by atoms with Gasteiger partial charge >= 0.3 is 0 Å². The first-order valence-corrected chi connectivity index (χ1v) is 6.48. The molecule has 1 aromatic carbocycles. The maximum Gasteiger partial charge on any atom is 0.241 e. The van der Waals surface area contributed by atoms with E-state index in [0.29, 0.717) is 13.0 Å². The molecule has 1 atom stereocenters. The number of likely N-dealkylation sites (tertiary alicyclic amines) is 1. The lowest BCUT2D eigenvalue weighted by atomic mass is 10.0. The number of hydrogen-bond donors (Lipinski definition) is 1. The molecule has 1 aliphatic heterocycles. The normalized spacial score (nSPS) is 19.4. The quantitative estimate of drug-likeness (QED) is 0.864. The van der Waals surface area contributed by atoms with Gasteiger partial charge in [0.2, 0.25) is 5.91 Å². The SMILES string of the molecule is N#CCN1CCCC[C@H]1C(=O)Nc1cc(F)cc(F)c1. The summed E-state index contributed by atoms with van der Waals surface area (Å²) >= 11 is 0. The molecule has 1 fully saturated rings. The van der Waals surface area contributed by atoms with Crippen LogP contribution < -0.4 is 5.32 Å². The van der Waals surface area contributed by atoms with Gasteiger partial charge in [0, 0.05) is 11.8 Å². The first-order valence-electron chi connectivity index (χ1n) is 6.48. The summed E-state index contributed by atoms with van der Waals surface area (Å²) < 4.78 is 26.1. The van der Waals surface area contributed by atoms with E-state index >= 15 is 0 Å². The van der Waals surface area contributed by atoms with Gasteiger partial charge in [-0.2, -0.15) is 5.26 Å². The van der Waals surface area contributed by atoms with Crippen molar-refractivity contribution in [1.29, 1.82) is 5.26 Å². The minimum absolute atomic E-state index is 0.0926. The third kappa shape index (κ3) is 3.52. The number of nitriles is 1. The predicted molar refractivity (Wildman–Crippen MR) is 69.8 cm³/mol. The highest BCUT2D eigenvalue weighted by Gasteiger charge is 2.28. The highest BCUT2D eigenvalue weighted by molar-refractivity contribution is 5.94. The monoisotopic (exact) mass is 279 g/mol. The summed E-state index contributed by atoms with van der Waals surface area (Å²) in [5.41, 5.74) is 0.0926. The number of benzene rings is 1. The Hall–Kier alpha value is -2.00. The summed E-state index contributed by atoms with van der Waals surface area (Å²) in [6.07, 6.45) is 2.49. The van der Waals surface area contributed by atoms with Gasteiger partial charge < -0.3 is 5.32 Å². The molecule has 1 N–H and O–H groups in total. The van der Waals surface area contributed by atoms with Crippen molar-refractivity contribution in [1.82, 2.24) is 4.90 Å². The fraction of sp³-hybridized carbons (Fsp3) is 0.429. The number of hydrogen-bond acceptors (Lipinski definition) is 3. The van der Waals surface area contributed by atoms with Crippen molar-refractivity contribution >= 4 is 11.6 Å². The van der Waals surface area contributed by atoms with Gasteiger partial charge in [-0.1, -0.05) is 6.42 Å². The Morgan fingerprint density at radius 1 is 1.35 bits per heavy atom. The van der Waals surface area contributed by atoms with Crippen LogP contribution in [-0.4, -0.2) is 29.9 Å². The zero-order valence-corrected chi connectivity index (χ0v) is 10.9. The molecule has 0 bridgehead atoms. The van der Waals surface area contributed by atoms with Gasteiger partial charge in [-0.25, -0.2) is 8.78 Å². The molecule has 0 radical (unpaired) electrons. The van der Waals surface area contributed by atoms with E-state index in [-0.39, 0.29) is 18.1 Å². The molecule has 0 saturated carbocycles. The fourth-order valence-electron chi connectivity index (χ4n) is 2.42. The van der Waals surface area contributed by atoms with Gasteiger partial charge in [-0.05, 0) is 31.5 Å². The van der Waals surface area contributed by atoms with Gasteiger partial charge in [-0.3, -0.25) is 9.69 Å². The Morgan fingerprint density at radius 2 is 2.05 bits per heavy atom. The maximum atomic E-state index is 13.1. The standard InChI is InChI=1S/C14H15F2N3O/c15-10-7-11(16)9-12(8-10)18-14(20)13-3-1-2-5-19(13)6-4-17/h7-9,13H,1-3,5-6H2,(H,18,20)/t13-/m0/s1. The molecule has 4 nitrogen and oxygen atoms in total. The lowest BCUT2D eigenvalue weighted by molar-refractivity contribution is -0.122. The number of nitrogens with zero attached hydrogens (tertiary/aromatic N) is 2. The molecule has 0 spiro atoms. The Labute approximate surface area is 116 Å². The largest absolute Gasteiger partial charge is 0.325 e. The second-order valence-corrected chi connectivity index (χ2v) is 4.79. The van der Waals surface area contributed by atoms with Crippen molar-refractivity contribution in [2.75, 3.05) is 18.4 Å². The molecule has 106 valence electrons. The number of carbonyl (C=O) groups is 1. The van der Waals surface area contributed by atoms with E-state index in [1.54, 1.807) is 4.90 Å². The van der Waals surface area contributed by atoms with Gasteiger partial charge in [0.1, 0.15) is 11.6 Å². The Bertz CT molecular complexity index is 521. The number of nitrogens with one attached hydrogen (secondary N) is 1. The first kappa shape index (κ1) is 14.4. The lowest BCUT2D eigenvalue weighted by Gasteiger charge is -2.32. The summed E-state index contributed by atoms with van der Waals surface area (Å²) in [6.45, 7) is 0.860. The zero-order valence-electron chi connectivity index (χ0n) is 10.9. The Morgan fingerprint density at radius 3 is 2.70 bits per heavy atom. The van der Waals surface area contributed by atoms with Crippen LogP contribution in [0, 0.1) is 23.0 Å². The minimum atomic E-state index is -0.738. The first-order chi connectivity index (χ1) is 9.60. The van der Waals surface area contributed by atoms with Crippen LogP contribution in [0.2, 0.25) is 0 Å². The van der Waals surface area contributed by atoms with Crippen LogP contribution in [0.1, 0.15) is 19.3 Å². The van der Waals surface area contributed by atoms with E-state index in [4.69, 9.17) is 5.26 Å². The summed E-state index contributed by atoms with van der Waals surface area (Å²) in [5, 5.41) is 11.3. The number of amides is 1. The van der Waals surface area contributed by atoms with Crippen molar-refractivity contribution in [3.05, 3.63) is 29.8 Å². The van der Waals surface area contributed by atoms with Crippen LogP contribution in [0.15, 0.2) is 18.2 Å². The van der Waals surface area contributed by atoms with Crippen molar-refractivity contribution in [3.8, 4) is 6.07 Å². The highest BCUT2D eigenvalue weighted by Crippen LogP contribution is 2.19. The molecule has 0 aromatic heterocycles. The smallest absolute Gasteiger partial charge is 0.241 e. The molecule has 1 aromatic rings.